The molecule has 1 fully saturated rings. The molecule has 1 saturated carbocycles. The molecule has 100 valence electrons. The van der Waals surface area contributed by atoms with Crippen LogP contribution in [0, 0.1) is 5.92 Å². The van der Waals surface area contributed by atoms with Gasteiger partial charge in [-0.1, -0.05) is 43.2 Å². The van der Waals surface area contributed by atoms with Gasteiger partial charge >= 0.3 is 5.97 Å². The van der Waals surface area contributed by atoms with Gasteiger partial charge in [-0.05, 0) is 18.4 Å². The summed E-state index contributed by atoms with van der Waals surface area (Å²) in [5.41, 5.74) is 1.21. The second kappa shape index (κ2) is 7.39. The van der Waals surface area contributed by atoms with Crippen LogP contribution in [-0.4, -0.2) is 17.1 Å². The smallest absolute Gasteiger partial charge is 0.308 e. The molecular weight excluding hydrogens is 250 g/mol. The second-order valence-corrected chi connectivity index (χ2v) is 4.70. The molecule has 0 aliphatic heterocycles. The van der Waals surface area contributed by atoms with Crippen molar-refractivity contribution in [3.8, 4) is 0 Å². The minimum absolute atomic E-state index is 0. The summed E-state index contributed by atoms with van der Waals surface area (Å²) in [6, 6.07) is 10.3. The topological polar surface area (TPSA) is 49.3 Å². The molecule has 1 aliphatic carbocycles. The van der Waals surface area contributed by atoms with Crippen LogP contribution in [-0.2, 0) is 11.3 Å². The molecule has 0 heterocycles. The number of nitrogens with one attached hydrogen (secondary N) is 1. The number of halogens is 1. The summed E-state index contributed by atoms with van der Waals surface area (Å²) in [6.07, 6.45) is 3.96. The van der Waals surface area contributed by atoms with E-state index in [0.29, 0.717) is 0 Å². The summed E-state index contributed by atoms with van der Waals surface area (Å²) in [5.74, 6) is -0.872. The third-order valence-corrected chi connectivity index (χ3v) is 3.49. The fourth-order valence-corrected chi connectivity index (χ4v) is 2.52. The molecule has 4 heteroatoms. The average Bonchev–Trinajstić information content (AvgIpc) is 2.38. The molecule has 1 aliphatic rings. The third kappa shape index (κ3) is 4.00. The molecule has 2 rings (SSSR count). The zero-order valence-corrected chi connectivity index (χ0v) is 11.2. The highest BCUT2D eigenvalue weighted by molar-refractivity contribution is 5.85. The van der Waals surface area contributed by atoms with Gasteiger partial charge < -0.3 is 10.4 Å². The van der Waals surface area contributed by atoms with Gasteiger partial charge in [0.2, 0.25) is 0 Å². The fraction of sp³-hybridized carbons (Fsp3) is 0.500. The van der Waals surface area contributed by atoms with E-state index < -0.39 is 5.97 Å². The summed E-state index contributed by atoms with van der Waals surface area (Å²) < 4.78 is 0. The molecule has 1 aromatic rings. The molecule has 2 unspecified atom stereocenters. The normalized spacial score (nSPS) is 23.1. The number of carboxylic acid groups (broad SMARTS) is 1. The lowest BCUT2D eigenvalue weighted by molar-refractivity contribution is -0.143. The summed E-state index contributed by atoms with van der Waals surface area (Å²) in [7, 11) is 0. The third-order valence-electron chi connectivity index (χ3n) is 3.49. The van der Waals surface area contributed by atoms with Gasteiger partial charge in [-0.25, -0.2) is 0 Å². The fourth-order valence-electron chi connectivity index (χ4n) is 2.52. The molecule has 0 amide bonds. The van der Waals surface area contributed by atoms with Crippen molar-refractivity contribution >= 4 is 18.4 Å². The van der Waals surface area contributed by atoms with Crippen molar-refractivity contribution in [3.63, 3.8) is 0 Å². The number of benzene rings is 1. The lowest BCUT2D eigenvalue weighted by Crippen LogP contribution is -2.41. The van der Waals surface area contributed by atoms with Crippen LogP contribution < -0.4 is 5.32 Å². The predicted molar refractivity (Wildman–Crippen MR) is 73.9 cm³/mol. The van der Waals surface area contributed by atoms with E-state index in [4.69, 9.17) is 5.11 Å². The van der Waals surface area contributed by atoms with Crippen molar-refractivity contribution < 1.29 is 9.90 Å². The van der Waals surface area contributed by atoms with Gasteiger partial charge in [-0.3, -0.25) is 4.79 Å². The molecule has 1 aromatic carbocycles. The zero-order valence-electron chi connectivity index (χ0n) is 10.3. The number of aliphatic carboxylic acids is 1. The second-order valence-electron chi connectivity index (χ2n) is 4.70. The molecule has 0 saturated heterocycles. The highest BCUT2D eigenvalue weighted by Gasteiger charge is 2.30. The van der Waals surface area contributed by atoms with Gasteiger partial charge in [-0.15, -0.1) is 12.4 Å². The van der Waals surface area contributed by atoms with Gasteiger partial charge in [0, 0.05) is 12.6 Å². The van der Waals surface area contributed by atoms with Gasteiger partial charge in [-0.2, -0.15) is 0 Å². The largest absolute Gasteiger partial charge is 0.481 e. The Kier molecular flexibility index (Phi) is 6.16. The summed E-state index contributed by atoms with van der Waals surface area (Å²) in [6.45, 7) is 0.759. The van der Waals surface area contributed by atoms with E-state index in [0.717, 1.165) is 32.2 Å². The van der Waals surface area contributed by atoms with Crippen LogP contribution in [0.2, 0.25) is 0 Å². The monoisotopic (exact) mass is 269 g/mol. The van der Waals surface area contributed by atoms with E-state index in [1.54, 1.807) is 0 Å². The van der Waals surface area contributed by atoms with Crippen LogP contribution in [0.15, 0.2) is 30.3 Å². The van der Waals surface area contributed by atoms with Crippen molar-refractivity contribution in [2.24, 2.45) is 5.92 Å². The minimum Gasteiger partial charge on any atom is -0.481 e. The number of hydrogen-bond acceptors (Lipinski definition) is 2. The molecule has 0 aromatic heterocycles. The maximum atomic E-state index is 11.1. The maximum Gasteiger partial charge on any atom is 0.308 e. The highest BCUT2D eigenvalue weighted by atomic mass is 35.5. The molecular formula is C14H20ClNO2. The summed E-state index contributed by atoms with van der Waals surface area (Å²) >= 11 is 0. The van der Waals surface area contributed by atoms with Crippen molar-refractivity contribution in [2.45, 2.75) is 38.3 Å². The Bertz CT molecular complexity index is 369. The average molecular weight is 270 g/mol. The molecule has 2 atom stereocenters. The first-order chi connectivity index (χ1) is 8.27. The number of rotatable bonds is 4. The number of hydrogen-bond donors (Lipinski definition) is 2. The van der Waals surface area contributed by atoms with Crippen LogP contribution in [0.1, 0.15) is 31.2 Å². The molecule has 18 heavy (non-hydrogen) atoms. The first-order valence-corrected chi connectivity index (χ1v) is 6.27. The maximum absolute atomic E-state index is 11.1. The van der Waals surface area contributed by atoms with E-state index in [9.17, 15) is 4.79 Å². The Labute approximate surface area is 114 Å². The quantitative estimate of drug-likeness (QED) is 0.884. The first kappa shape index (κ1) is 15.0. The van der Waals surface area contributed by atoms with Crippen LogP contribution >= 0.6 is 12.4 Å². The van der Waals surface area contributed by atoms with Gasteiger partial charge in [0.1, 0.15) is 0 Å². The Morgan fingerprint density at radius 2 is 1.89 bits per heavy atom. The van der Waals surface area contributed by atoms with E-state index >= 15 is 0 Å². The van der Waals surface area contributed by atoms with Crippen LogP contribution in [0.4, 0.5) is 0 Å². The van der Waals surface area contributed by atoms with Gasteiger partial charge in [0.05, 0.1) is 5.92 Å². The van der Waals surface area contributed by atoms with Crippen LogP contribution in [0.25, 0.3) is 0 Å². The number of carbonyl (C=O) groups is 1. The van der Waals surface area contributed by atoms with Crippen LogP contribution in [0.3, 0.4) is 0 Å². The molecule has 0 spiro atoms. The molecule has 3 nitrogen and oxygen atoms in total. The van der Waals surface area contributed by atoms with Crippen molar-refractivity contribution in [3.05, 3.63) is 35.9 Å². The minimum atomic E-state index is -0.657. The standard InChI is InChI=1S/C14H19NO2.ClH/c16-14(17)12-8-4-5-9-13(12)15-10-11-6-2-1-3-7-11;/h1-3,6-7,12-13,15H,4-5,8-10H2,(H,16,17);1H. The van der Waals surface area contributed by atoms with Gasteiger partial charge in [0.25, 0.3) is 0 Å². The molecule has 0 bridgehead atoms. The van der Waals surface area contributed by atoms with E-state index in [1.165, 1.54) is 5.56 Å². The Morgan fingerprint density at radius 1 is 1.22 bits per heavy atom. The number of carboxylic acids is 1. The lowest BCUT2D eigenvalue weighted by Gasteiger charge is -2.29. The van der Waals surface area contributed by atoms with E-state index in [1.807, 2.05) is 18.2 Å². The highest BCUT2D eigenvalue weighted by Crippen LogP contribution is 2.24. The SMILES string of the molecule is Cl.O=C(O)C1CCCCC1NCc1ccccc1. The lowest BCUT2D eigenvalue weighted by atomic mass is 9.84. The van der Waals surface area contributed by atoms with E-state index in [2.05, 4.69) is 17.4 Å². The van der Waals surface area contributed by atoms with Gasteiger partial charge in [0.15, 0.2) is 0 Å². The summed E-state index contributed by atoms with van der Waals surface area (Å²) in [5, 5.41) is 12.6. The zero-order chi connectivity index (χ0) is 12.1. The van der Waals surface area contributed by atoms with Crippen LogP contribution in [0.5, 0.6) is 0 Å². The Hall–Kier alpha value is -1.06. The Balaban J connectivity index is 0.00000162. The van der Waals surface area contributed by atoms with Crippen molar-refractivity contribution in [1.29, 1.82) is 0 Å². The molecule has 2 N–H and O–H groups in total. The van der Waals surface area contributed by atoms with E-state index in [-0.39, 0.29) is 24.4 Å². The van der Waals surface area contributed by atoms with Crippen molar-refractivity contribution in [2.75, 3.05) is 0 Å². The Morgan fingerprint density at radius 3 is 2.56 bits per heavy atom. The van der Waals surface area contributed by atoms with Crippen molar-refractivity contribution in [1.82, 2.24) is 5.32 Å². The predicted octanol–water partition coefficient (Wildman–Crippen LogP) is 2.84. The summed E-state index contributed by atoms with van der Waals surface area (Å²) in [4.78, 5) is 11.1. The first-order valence-electron chi connectivity index (χ1n) is 6.27. The molecule has 0 radical (unpaired) electrons.